The first-order valence-corrected chi connectivity index (χ1v) is 6.81. The van der Waals surface area contributed by atoms with E-state index in [1.165, 1.54) is 11.3 Å². The molecule has 0 atom stereocenters. The molecule has 3 rings (SSSR count). The second kappa shape index (κ2) is 5.21. The van der Waals surface area contributed by atoms with Gasteiger partial charge in [-0.3, -0.25) is 4.79 Å². The number of carbonyl (C=O) groups excluding carboxylic acids is 1. The van der Waals surface area contributed by atoms with Gasteiger partial charge in [0.2, 0.25) is 0 Å². The van der Waals surface area contributed by atoms with Gasteiger partial charge >= 0.3 is 0 Å². The van der Waals surface area contributed by atoms with E-state index in [4.69, 9.17) is 0 Å². The normalized spacial score (nSPS) is 10.8. The van der Waals surface area contributed by atoms with Crippen LogP contribution in [-0.2, 0) is 0 Å². The van der Waals surface area contributed by atoms with Gasteiger partial charge in [0, 0.05) is 4.70 Å². The minimum Gasteiger partial charge on any atom is -0.319 e. The predicted molar refractivity (Wildman–Crippen MR) is 76.1 cm³/mol. The molecule has 0 aliphatic heterocycles. The molecule has 2 aromatic carbocycles. The largest absolute Gasteiger partial charge is 0.319 e. The average Bonchev–Trinajstić information content (AvgIpc) is 2.92. The van der Waals surface area contributed by atoms with Gasteiger partial charge in [0.25, 0.3) is 5.91 Å². The number of nitrogens with one attached hydrogen (secondary N) is 1. The van der Waals surface area contributed by atoms with E-state index in [-0.39, 0.29) is 0 Å². The standard InChI is InChI=1S/C15H8F3NOS/c16-9-5-6-10(14(18)13(9)17)19-15(20)12-7-8-3-1-2-4-11(8)21-12/h1-7H,(H,19,20). The molecule has 1 amide bonds. The van der Waals surface area contributed by atoms with Crippen LogP contribution in [0, 0.1) is 17.5 Å². The van der Waals surface area contributed by atoms with Crippen molar-refractivity contribution in [2.24, 2.45) is 0 Å². The maximum Gasteiger partial charge on any atom is 0.265 e. The first kappa shape index (κ1) is 13.6. The highest BCUT2D eigenvalue weighted by Gasteiger charge is 2.17. The number of hydrogen-bond acceptors (Lipinski definition) is 2. The van der Waals surface area contributed by atoms with Gasteiger partial charge in [0.05, 0.1) is 10.6 Å². The molecule has 0 saturated carbocycles. The first-order valence-electron chi connectivity index (χ1n) is 5.99. The predicted octanol–water partition coefficient (Wildman–Crippen LogP) is 4.57. The summed E-state index contributed by atoms with van der Waals surface area (Å²) in [5.41, 5.74) is -0.392. The van der Waals surface area contributed by atoms with Crippen LogP contribution in [0.3, 0.4) is 0 Å². The van der Waals surface area contributed by atoms with Crippen molar-refractivity contribution in [3.8, 4) is 0 Å². The highest BCUT2D eigenvalue weighted by Crippen LogP contribution is 2.27. The van der Waals surface area contributed by atoms with E-state index < -0.39 is 29.0 Å². The summed E-state index contributed by atoms with van der Waals surface area (Å²) in [5, 5.41) is 3.13. The molecule has 0 fully saturated rings. The van der Waals surface area contributed by atoms with E-state index in [2.05, 4.69) is 5.32 Å². The van der Waals surface area contributed by atoms with Gasteiger partial charge in [-0.25, -0.2) is 13.2 Å². The fourth-order valence-corrected chi connectivity index (χ4v) is 2.86. The molecule has 1 N–H and O–H groups in total. The van der Waals surface area contributed by atoms with Gasteiger partial charge in [-0.15, -0.1) is 11.3 Å². The Balaban J connectivity index is 1.91. The van der Waals surface area contributed by atoms with Crippen LogP contribution in [0.2, 0.25) is 0 Å². The number of halogens is 3. The zero-order valence-electron chi connectivity index (χ0n) is 10.5. The Morgan fingerprint density at radius 2 is 1.76 bits per heavy atom. The van der Waals surface area contributed by atoms with Gasteiger partial charge < -0.3 is 5.32 Å². The Labute approximate surface area is 121 Å². The smallest absolute Gasteiger partial charge is 0.265 e. The molecular formula is C15H8F3NOS. The number of fused-ring (bicyclic) bond motifs is 1. The third kappa shape index (κ3) is 2.50. The number of rotatable bonds is 2. The highest BCUT2D eigenvalue weighted by atomic mass is 32.1. The summed E-state index contributed by atoms with van der Waals surface area (Å²) < 4.78 is 40.4. The summed E-state index contributed by atoms with van der Waals surface area (Å²) in [5.74, 6) is -4.89. The second-order valence-corrected chi connectivity index (χ2v) is 5.41. The maximum absolute atomic E-state index is 13.5. The van der Waals surface area contributed by atoms with Crippen molar-refractivity contribution in [1.82, 2.24) is 0 Å². The van der Waals surface area contributed by atoms with E-state index >= 15 is 0 Å². The van der Waals surface area contributed by atoms with Crippen molar-refractivity contribution in [3.05, 3.63) is 64.8 Å². The van der Waals surface area contributed by atoms with Crippen LogP contribution in [0.4, 0.5) is 18.9 Å². The Bertz CT molecular complexity index is 811. The van der Waals surface area contributed by atoms with E-state index in [1.54, 1.807) is 6.07 Å². The van der Waals surface area contributed by atoms with E-state index in [9.17, 15) is 18.0 Å². The monoisotopic (exact) mass is 307 g/mol. The molecule has 0 aliphatic rings. The molecule has 21 heavy (non-hydrogen) atoms. The third-order valence-corrected chi connectivity index (χ3v) is 4.05. The van der Waals surface area contributed by atoms with Crippen molar-refractivity contribution < 1.29 is 18.0 Å². The lowest BCUT2D eigenvalue weighted by atomic mass is 10.2. The molecule has 3 aromatic rings. The zero-order chi connectivity index (χ0) is 15.0. The maximum atomic E-state index is 13.5. The van der Waals surface area contributed by atoms with Crippen molar-refractivity contribution in [2.75, 3.05) is 5.32 Å². The lowest BCUT2D eigenvalue weighted by molar-refractivity contribution is 0.103. The summed E-state index contributed by atoms with van der Waals surface area (Å²) in [6.07, 6.45) is 0. The molecule has 0 bridgehead atoms. The molecular weight excluding hydrogens is 299 g/mol. The average molecular weight is 307 g/mol. The molecule has 0 spiro atoms. The Kier molecular flexibility index (Phi) is 3.39. The molecule has 0 unspecified atom stereocenters. The first-order chi connectivity index (χ1) is 10.1. The number of anilines is 1. The van der Waals surface area contributed by atoms with Gasteiger partial charge in [-0.2, -0.15) is 0 Å². The van der Waals surface area contributed by atoms with Crippen LogP contribution in [0.5, 0.6) is 0 Å². The minimum atomic E-state index is -1.61. The van der Waals surface area contributed by atoms with Crippen LogP contribution in [0.25, 0.3) is 10.1 Å². The quantitative estimate of drug-likeness (QED) is 0.690. The lowest BCUT2D eigenvalue weighted by Gasteiger charge is -2.05. The molecule has 0 radical (unpaired) electrons. The SMILES string of the molecule is O=C(Nc1ccc(F)c(F)c1F)c1cc2ccccc2s1. The topological polar surface area (TPSA) is 29.1 Å². The van der Waals surface area contributed by atoms with E-state index in [0.29, 0.717) is 4.88 Å². The molecule has 6 heteroatoms. The Morgan fingerprint density at radius 3 is 2.52 bits per heavy atom. The van der Waals surface area contributed by atoms with Crippen molar-refractivity contribution in [1.29, 1.82) is 0 Å². The van der Waals surface area contributed by atoms with Gasteiger partial charge in [-0.05, 0) is 29.7 Å². The van der Waals surface area contributed by atoms with Crippen LogP contribution in [0.15, 0.2) is 42.5 Å². The number of amides is 1. The van der Waals surface area contributed by atoms with E-state index in [0.717, 1.165) is 22.2 Å². The number of benzene rings is 2. The van der Waals surface area contributed by atoms with E-state index in [1.807, 2.05) is 24.3 Å². The van der Waals surface area contributed by atoms with Gasteiger partial charge in [-0.1, -0.05) is 18.2 Å². The second-order valence-electron chi connectivity index (χ2n) is 4.33. The summed E-state index contributed by atoms with van der Waals surface area (Å²) in [7, 11) is 0. The van der Waals surface area contributed by atoms with Crippen LogP contribution in [0.1, 0.15) is 9.67 Å². The molecule has 1 heterocycles. The lowest BCUT2D eigenvalue weighted by Crippen LogP contribution is -2.12. The highest BCUT2D eigenvalue weighted by molar-refractivity contribution is 7.20. The van der Waals surface area contributed by atoms with Crippen LogP contribution >= 0.6 is 11.3 Å². The summed E-state index contributed by atoms with van der Waals surface area (Å²) in [6.45, 7) is 0. The molecule has 0 aliphatic carbocycles. The van der Waals surface area contributed by atoms with Gasteiger partial charge in [0.15, 0.2) is 17.5 Å². The Morgan fingerprint density at radius 1 is 1.00 bits per heavy atom. The van der Waals surface area contributed by atoms with Crippen LogP contribution in [-0.4, -0.2) is 5.91 Å². The number of thiophene rings is 1. The van der Waals surface area contributed by atoms with Gasteiger partial charge in [0.1, 0.15) is 0 Å². The number of hydrogen-bond donors (Lipinski definition) is 1. The Hall–Kier alpha value is -2.34. The molecule has 106 valence electrons. The molecule has 1 aromatic heterocycles. The number of carbonyl (C=O) groups is 1. The van der Waals surface area contributed by atoms with Crippen LogP contribution < -0.4 is 5.32 Å². The molecule has 2 nitrogen and oxygen atoms in total. The van der Waals surface area contributed by atoms with Crippen molar-refractivity contribution in [3.63, 3.8) is 0 Å². The minimum absolute atomic E-state index is 0.361. The zero-order valence-corrected chi connectivity index (χ0v) is 11.3. The fraction of sp³-hybridized carbons (Fsp3) is 0. The molecule has 0 saturated heterocycles. The summed E-state index contributed by atoms with van der Waals surface area (Å²) in [4.78, 5) is 12.4. The van der Waals surface area contributed by atoms with Crippen molar-refractivity contribution in [2.45, 2.75) is 0 Å². The summed E-state index contributed by atoms with van der Waals surface area (Å²) >= 11 is 1.24. The third-order valence-electron chi connectivity index (χ3n) is 2.93. The van der Waals surface area contributed by atoms with Crippen molar-refractivity contribution >= 4 is 33.0 Å². The summed E-state index contributed by atoms with van der Waals surface area (Å²) in [6, 6.07) is 10.8. The fourth-order valence-electron chi connectivity index (χ4n) is 1.90.